The molecule has 33 heavy (non-hydrogen) atoms. The van der Waals surface area contributed by atoms with Crippen LogP contribution in [0.5, 0.6) is 23.0 Å². The fourth-order valence-electron chi connectivity index (χ4n) is 5.23. The molecular formula is C26H32N2O5. The van der Waals surface area contributed by atoms with Gasteiger partial charge in [-0.1, -0.05) is 6.07 Å². The Balaban J connectivity index is 1.17. The number of ether oxygens (including phenoxy) is 4. The van der Waals surface area contributed by atoms with Gasteiger partial charge in [-0.15, -0.1) is 0 Å². The number of rotatable bonds is 7. The van der Waals surface area contributed by atoms with Gasteiger partial charge in [0.05, 0.1) is 14.2 Å². The lowest BCUT2D eigenvalue weighted by Crippen LogP contribution is -2.45. The summed E-state index contributed by atoms with van der Waals surface area (Å²) in [5.41, 5.74) is 3.09. The summed E-state index contributed by atoms with van der Waals surface area (Å²) in [4.78, 5) is 17.8. The molecule has 1 fully saturated rings. The van der Waals surface area contributed by atoms with Gasteiger partial charge in [-0.2, -0.15) is 0 Å². The Labute approximate surface area is 195 Å². The highest BCUT2D eigenvalue weighted by Gasteiger charge is 2.30. The van der Waals surface area contributed by atoms with Crippen LogP contribution >= 0.6 is 0 Å². The molecule has 3 heterocycles. The van der Waals surface area contributed by atoms with Crippen molar-refractivity contribution in [1.29, 1.82) is 0 Å². The van der Waals surface area contributed by atoms with Gasteiger partial charge < -0.3 is 28.7 Å². The summed E-state index contributed by atoms with van der Waals surface area (Å²) in [6.07, 6.45) is 4.18. The smallest absolute Gasteiger partial charge is 0.254 e. The van der Waals surface area contributed by atoms with Gasteiger partial charge in [0.2, 0.25) is 6.79 Å². The van der Waals surface area contributed by atoms with Gasteiger partial charge in [-0.25, -0.2) is 0 Å². The molecule has 7 heteroatoms. The largest absolute Gasteiger partial charge is 0.493 e. The third-order valence-electron chi connectivity index (χ3n) is 7.01. The van der Waals surface area contributed by atoms with E-state index in [4.69, 9.17) is 18.9 Å². The van der Waals surface area contributed by atoms with Crippen molar-refractivity contribution in [2.75, 3.05) is 53.7 Å². The van der Waals surface area contributed by atoms with E-state index in [1.807, 2.05) is 23.1 Å². The highest BCUT2D eigenvalue weighted by atomic mass is 16.7. The zero-order chi connectivity index (χ0) is 22.8. The van der Waals surface area contributed by atoms with Crippen molar-refractivity contribution in [3.8, 4) is 23.0 Å². The summed E-state index contributed by atoms with van der Waals surface area (Å²) in [7, 11) is 3.33. The first-order valence-electron chi connectivity index (χ1n) is 11.8. The lowest BCUT2D eigenvalue weighted by molar-refractivity contribution is 0.0662. The van der Waals surface area contributed by atoms with E-state index in [1.165, 1.54) is 18.4 Å². The summed E-state index contributed by atoms with van der Waals surface area (Å²) in [5.74, 6) is 3.60. The van der Waals surface area contributed by atoms with E-state index in [-0.39, 0.29) is 12.7 Å². The molecule has 1 saturated heterocycles. The lowest BCUT2D eigenvalue weighted by atomic mass is 9.93. The second-order valence-corrected chi connectivity index (χ2v) is 9.11. The molecule has 0 N–H and O–H groups in total. The summed E-state index contributed by atoms with van der Waals surface area (Å²) in [6, 6.07) is 9.99. The Bertz CT molecular complexity index is 1020. The summed E-state index contributed by atoms with van der Waals surface area (Å²) in [5, 5.41) is 0. The van der Waals surface area contributed by atoms with Gasteiger partial charge in [0.1, 0.15) is 0 Å². The third-order valence-corrected chi connectivity index (χ3v) is 7.01. The fourth-order valence-corrected chi connectivity index (χ4v) is 5.23. The standard InChI is InChI=1S/C26H32N2O5/c1-30-22-6-5-18(12-23(22)31-2)7-10-27-9-3-4-19(15-27)16-28-11-8-20-13-24-25(33-17-32-24)14-21(20)26(28)29/h5-6,12-14,19H,3-4,7-11,15-17H2,1-2H3. The average molecular weight is 453 g/mol. The van der Waals surface area contributed by atoms with Crippen molar-refractivity contribution < 1.29 is 23.7 Å². The number of fused-ring (bicyclic) bond motifs is 2. The number of piperidine rings is 1. The second-order valence-electron chi connectivity index (χ2n) is 9.11. The molecule has 0 saturated carbocycles. The first-order valence-corrected chi connectivity index (χ1v) is 11.8. The van der Waals surface area contributed by atoms with E-state index >= 15 is 0 Å². The highest BCUT2D eigenvalue weighted by molar-refractivity contribution is 5.97. The maximum atomic E-state index is 13.2. The van der Waals surface area contributed by atoms with Crippen LogP contribution in [0.1, 0.15) is 34.3 Å². The Morgan fingerprint density at radius 1 is 1.03 bits per heavy atom. The molecule has 2 aromatic carbocycles. The number of nitrogens with zero attached hydrogens (tertiary/aromatic N) is 2. The maximum absolute atomic E-state index is 13.2. The minimum Gasteiger partial charge on any atom is -0.493 e. The van der Waals surface area contributed by atoms with Crippen LogP contribution in [0.15, 0.2) is 30.3 Å². The Morgan fingerprint density at radius 2 is 1.85 bits per heavy atom. The summed E-state index contributed by atoms with van der Waals surface area (Å²) >= 11 is 0. The van der Waals surface area contributed by atoms with Crippen molar-refractivity contribution in [1.82, 2.24) is 9.80 Å². The van der Waals surface area contributed by atoms with Gasteiger partial charge in [0.25, 0.3) is 5.91 Å². The first-order chi connectivity index (χ1) is 16.1. The second kappa shape index (κ2) is 9.51. The van der Waals surface area contributed by atoms with Gasteiger partial charge >= 0.3 is 0 Å². The molecule has 0 radical (unpaired) electrons. The zero-order valence-corrected chi connectivity index (χ0v) is 19.5. The van der Waals surface area contributed by atoms with E-state index in [1.54, 1.807) is 14.2 Å². The van der Waals surface area contributed by atoms with Crippen LogP contribution < -0.4 is 18.9 Å². The van der Waals surface area contributed by atoms with Crippen LogP contribution in [0, 0.1) is 5.92 Å². The van der Waals surface area contributed by atoms with E-state index in [0.29, 0.717) is 11.7 Å². The van der Waals surface area contributed by atoms with Gasteiger partial charge in [-0.05, 0) is 73.5 Å². The van der Waals surface area contributed by atoms with E-state index in [0.717, 1.165) is 73.9 Å². The number of methoxy groups -OCH3 is 2. The predicted octanol–water partition coefficient (Wildman–Crippen LogP) is 3.39. The molecular weight excluding hydrogens is 420 g/mol. The molecule has 3 aliphatic rings. The molecule has 176 valence electrons. The Hall–Kier alpha value is -2.93. The predicted molar refractivity (Wildman–Crippen MR) is 125 cm³/mol. The average Bonchev–Trinajstić information content (AvgIpc) is 3.31. The quantitative estimate of drug-likeness (QED) is 0.642. The minimum absolute atomic E-state index is 0.122. The number of amides is 1. The van der Waals surface area contributed by atoms with Crippen LogP contribution in [0.2, 0.25) is 0 Å². The SMILES string of the molecule is COc1ccc(CCN2CCCC(CN3CCc4cc5c(cc4C3=O)OCO5)C2)cc1OC. The molecule has 1 atom stereocenters. The topological polar surface area (TPSA) is 60.5 Å². The van der Waals surface area contributed by atoms with Crippen LogP contribution in [0.25, 0.3) is 0 Å². The molecule has 1 amide bonds. The van der Waals surface area contributed by atoms with E-state index < -0.39 is 0 Å². The highest BCUT2D eigenvalue weighted by Crippen LogP contribution is 2.37. The molecule has 3 aliphatic heterocycles. The molecule has 0 spiro atoms. The molecule has 5 rings (SSSR count). The van der Waals surface area contributed by atoms with Crippen LogP contribution in [-0.2, 0) is 12.8 Å². The number of likely N-dealkylation sites (tertiary alicyclic amines) is 1. The molecule has 0 bridgehead atoms. The van der Waals surface area contributed by atoms with Gasteiger partial charge in [0, 0.05) is 31.7 Å². The maximum Gasteiger partial charge on any atom is 0.254 e. The monoisotopic (exact) mass is 452 g/mol. The summed E-state index contributed by atoms with van der Waals surface area (Å²) in [6.45, 7) is 4.98. The van der Waals surface area contributed by atoms with Gasteiger partial charge in [0.15, 0.2) is 23.0 Å². The lowest BCUT2D eigenvalue weighted by Gasteiger charge is -2.37. The number of hydrogen-bond acceptors (Lipinski definition) is 6. The normalized spacial score (nSPS) is 20.0. The first kappa shape index (κ1) is 21.9. The van der Waals surface area contributed by atoms with E-state index in [2.05, 4.69) is 17.0 Å². The Kier molecular flexibility index (Phi) is 6.31. The van der Waals surface area contributed by atoms with Crippen molar-refractivity contribution in [3.05, 3.63) is 47.0 Å². The van der Waals surface area contributed by atoms with Crippen LogP contribution in [0.4, 0.5) is 0 Å². The van der Waals surface area contributed by atoms with Crippen LogP contribution in [-0.4, -0.2) is 69.4 Å². The van der Waals surface area contributed by atoms with Crippen molar-refractivity contribution in [2.45, 2.75) is 25.7 Å². The van der Waals surface area contributed by atoms with E-state index in [9.17, 15) is 4.79 Å². The van der Waals surface area contributed by atoms with Crippen molar-refractivity contribution in [2.24, 2.45) is 5.92 Å². The van der Waals surface area contributed by atoms with Crippen molar-refractivity contribution >= 4 is 5.91 Å². The molecule has 1 unspecified atom stereocenters. The number of carbonyl (C=O) groups excluding carboxylic acids is 1. The summed E-state index contributed by atoms with van der Waals surface area (Å²) < 4.78 is 21.7. The number of benzene rings is 2. The fraction of sp³-hybridized carbons (Fsp3) is 0.500. The zero-order valence-electron chi connectivity index (χ0n) is 19.5. The third kappa shape index (κ3) is 4.60. The number of hydrogen-bond donors (Lipinski definition) is 0. The van der Waals surface area contributed by atoms with Crippen molar-refractivity contribution in [3.63, 3.8) is 0 Å². The molecule has 7 nitrogen and oxygen atoms in total. The number of carbonyl (C=O) groups is 1. The molecule has 0 aliphatic carbocycles. The Morgan fingerprint density at radius 3 is 2.67 bits per heavy atom. The van der Waals surface area contributed by atoms with Crippen LogP contribution in [0.3, 0.4) is 0 Å². The molecule has 2 aromatic rings. The molecule has 0 aromatic heterocycles. The van der Waals surface area contributed by atoms with Gasteiger partial charge in [-0.3, -0.25) is 4.79 Å². The minimum atomic E-state index is 0.122.